The molecule has 112 valence electrons. The zero-order valence-electron chi connectivity index (χ0n) is 11.5. The van der Waals surface area contributed by atoms with Crippen molar-refractivity contribution in [1.82, 2.24) is 9.55 Å². The highest BCUT2D eigenvalue weighted by molar-refractivity contribution is 9.10. The summed E-state index contributed by atoms with van der Waals surface area (Å²) >= 11 is 10.9. The van der Waals surface area contributed by atoms with Gasteiger partial charge in [0.2, 0.25) is 0 Å². The zero-order chi connectivity index (χ0) is 15.5. The lowest BCUT2D eigenvalue weighted by atomic mass is 10.2. The lowest BCUT2D eigenvalue weighted by Gasteiger charge is -2.07. The van der Waals surface area contributed by atoms with Gasteiger partial charge in [0, 0.05) is 26.7 Å². The number of halogens is 2. The van der Waals surface area contributed by atoms with E-state index in [0.29, 0.717) is 11.9 Å². The fourth-order valence-electron chi connectivity index (χ4n) is 2.08. The Labute approximate surface area is 145 Å². The third-order valence-corrected chi connectivity index (χ3v) is 4.94. The number of hydrogen-bond donors (Lipinski definition) is 0. The second kappa shape index (κ2) is 6.86. The summed E-state index contributed by atoms with van der Waals surface area (Å²) in [6, 6.07) is 13.2. The zero-order valence-corrected chi connectivity index (χ0v) is 14.7. The average molecular weight is 396 g/mol. The Balaban J connectivity index is 1.75. The number of aromatic nitrogens is 2. The van der Waals surface area contributed by atoms with E-state index in [1.807, 2.05) is 42.5 Å². The SMILES string of the molecule is O=c1c2cc(Br)ccc2ncn1CCSc1ccc(Cl)cc1. The molecule has 0 unspecified atom stereocenters. The largest absolute Gasteiger partial charge is 0.298 e. The minimum atomic E-state index is -0.0111. The first-order valence-electron chi connectivity index (χ1n) is 6.66. The highest BCUT2D eigenvalue weighted by atomic mass is 79.9. The van der Waals surface area contributed by atoms with E-state index in [4.69, 9.17) is 11.6 Å². The standard InChI is InChI=1S/C16H12BrClN2OS/c17-11-1-6-15-14(9-11)16(21)20(10-19-15)7-8-22-13-4-2-12(18)3-5-13/h1-6,9-10H,7-8H2. The summed E-state index contributed by atoms with van der Waals surface area (Å²) in [6.07, 6.45) is 1.61. The molecule has 3 nitrogen and oxygen atoms in total. The number of thioether (sulfide) groups is 1. The van der Waals surface area contributed by atoms with E-state index < -0.39 is 0 Å². The minimum absolute atomic E-state index is 0.0111. The smallest absolute Gasteiger partial charge is 0.261 e. The van der Waals surface area contributed by atoms with E-state index in [1.54, 1.807) is 22.7 Å². The summed E-state index contributed by atoms with van der Waals surface area (Å²) in [5.74, 6) is 0.794. The van der Waals surface area contributed by atoms with Gasteiger partial charge in [-0.25, -0.2) is 4.98 Å². The summed E-state index contributed by atoms with van der Waals surface area (Å²) in [4.78, 5) is 17.9. The summed E-state index contributed by atoms with van der Waals surface area (Å²) < 4.78 is 2.53. The molecule has 0 aliphatic carbocycles. The molecule has 1 heterocycles. The fourth-order valence-corrected chi connectivity index (χ4v) is 3.42. The van der Waals surface area contributed by atoms with Crippen molar-refractivity contribution in [2.75, 3.05) is 5.75 Å². The molecule has 0 saturated carbocycles. The van der Waals surface area contributed by atoms with Crippen LogP contribution in [0.3, 0.4) is 0 Å². The predicted molar refractivity (Wildman–Crippen MR) is 95.9 cm³/mol. The van der Waals surface area contributed by atoms with Gasteiger partial charge in [0.25, 0.3) is 5.56 Å². The Hall–Kier alpha value is -1.30. The number of aryl methyl sites for hydroxylation is 1. The monoisotopic (exact) mass is 394 g/mol. The van der Waals surface area contributed by atoms with Crippen LogP contribution >= 0.6 is 39.3 Å². The van der Waals surface area contributed by atoms with Crippen molar-refractivity contribution >= 4 is 50.2 Å². The van der Waals surface area contributed by atoms with Gasteiger partial charge in [-0.05, 0) is 42.5 Å². The Morgan fingerprint density at radius 3 is 2.73 bits per heavy atom. The van der Waals surface area contributed by atoms with Crippen molar-refractivity contribution in [3.63, 3.8) is 0 Å². The van der Waals surface area contributed by atoms with Gasteiger partial charge in [-0.1, -0.05) is 27.5 Å². The van der Waals surface area contributed by atoms with Crippen LogP contribution in [0.1, 0.15) is 0 Å². The third kappa shape index (κ3) is 3.54. The van der Waals surface area contributed by atoms with Gasteiger partial charge in [-0.15, -0.1) is 11.8 Å². The van der Waals surface area contributed by atoms with Crippen LogP contribution in [0.2, 0.25) is 5.02 Å². The molecule has 0 radical (unpaired) electrons. The molecule has 3 aromatic rings. The molecule has 0 amide bonds. The third-order valence-electron chi connectivity index (χ3n) is 3.20. The summed E-state index contributed by atoms with van der Waals surface area (Å²) in [5, 5.41) is 1.36. The maximum absolute atomic E-state index is 12.4. The molecular formula is C16H12BrClN2OS. The molecule has 0 atom stereocenters. The number of benzene rings is 2. The molecule has 0 aliphatic heterocycles. The van der Waals surface area contributed by atoms with Crippen LogP contribution in [0.5, 0.6) is 0 Å². The quantitative estimate of drug-likeness (QED) is 0.605. The molecule has 0 fully saturated rings. The highest BCUT2D eigenvalue weighted by Gasteiger charge is 2.05. The Morgan fingerprint density at radius 2 is 1.95 bits per heavy atom. The lowest BCUT2D eigenvalue weighted by Crippen LogP contribution is -2.21. The summed E-state index contributed by atoms with van der Waals surface area (Å²) in [5.41, 5.74) is 0.706. The van der Waals surface area contributed by atoms with E-state index in [2.05, 4.69) is 20.9 Å². The van der Waals surface area contributed by atoms with Gasteiger partial charge >= 0.3 is 0 Å². The van der Waals surface area contributed by atoms with Crippen LogP contribution < -0.4 is 5.56 Å². The first-order chi connectivity index (χ1) is 10.6. The maximum Gasteiger partial charge on any atom is 0.261 e. The summed E-state index contributed by atoms with van der Waals surface area (Å²) in [7, 11) is 0. The van der Waals surface area contributed by atoms with Crippen molar-refractivity contribution in [3.8, 4) is 0 Å². The van der Waals surface area contributed by atoms with E-state index in [9.17, 15) is 4.79 Å². The molecule has 6 heteroatoms. The second-order valence-corrected chi connectivity index (χ2v) is 7.23. The predicted octanol–water partition coefficient (Wildman–Crippen LogP) is 4.60. The average Bonchev–Trinajstić information content (AvgIpc) is 2.52. The normalized spacial score (nSPS) is 11.0. The van der Waals surface area contributed by atoms with Crippen LogP contribution in [-0.4, -0.2) is 15.3 Å². The molecule has 1 aromatic heterocycles. The number of rotatable bonds is 4. The van der Waals surface area contributed by atoms with E-state index >= 15 is 0 Å². The minimum Gasteiger partial charge on any atom is -0.298 e. The molecule has 0 spiro atoms. The molecule has 0 aliphatic rings. The van der Waals surface area contributed by atoms with Gasteiger partial charge in [-0.3, -0.25) is 9.36 Å². The Morgan fingerprint density at radius 1 is 1.18 bits per heavy atom. The summed E-state index contributed by atoms with van der Waals surface area (Å²) in [6.45, 7) is 0.613. The first kappa shape index (κ1) is 15.6. The first-order valence-corrected chi connectivity index (χ1v) is 8.82. The molecule has 0 bridgehead atoms. The van der Waals surface area contributed by atoms with Crippen molar-refractivity contribution in [2.24, 2.45) is 0 Å². The van der Waals surface area contributed by atoms with Crippen LogP contribution in [0, 0.1) is 0 Å². The van der Waals surface area contributed by atoms with Gasteiger partial charge < -0.3 is 0 Å². The van der Waals surface area contributed by atoms with E-state index in [0.717, 1.165) is 25.7 Å². The van der Waals surface area contributed by atoms with Gasteiger partial charge in [0.1, 0.15) is 0 Å². The van der Waals surface area contributed by atoms with E-state index in [-0.39, 0.29) is 5.56 Å². The maximum atomic E-state index is 12.4. The van der Waals surface area contributed by atoms with E-state index in [1.165, 1.54) is 0 Å². The van der Waals surface area contributed by atoms with Gasteiger partial charge in [-0.2, -0.15) is 0 Å². The van der Waals surface area contributed by atoms with Crippen molar-refractivity contribution < 1.29 is 0 Å². The number of hydrogen-bond acceptors (Lipinski definition) is 3. The molecule has 22 heavy (non-hydrogen) atoms. The second-order valence-electron chi connectivity index (χ2n) is 4.71. The molecule has 2 aromatic carbocycles. The molecule has 0 N–H and O–H groups in total. The van der Waals surface area contributed by atoms with Crippen molar-refractivity contribution in [3.05, 3.63) is 68.6 Å². The van der Waals surface area contributed by atoms with Crippen molar-refractivity contribution in [1.29, 1.82) is 0 Å². The Kier molecular flexibility index (Phi) is 4.86. The van der Waals surface area contributed by atoms with Gasteiger partial charge in [0.15, 0.2) is 0 Å². The van der Waals surface area contributed by atoms with Crippen molar-refractivity contribution in [2.45, 2.75) is 11.4 Å². The topological polar surface area (TPSA) is 34.9 Å². The number of nitrogens with zero attached hydrogens (tertiary/aromatic N) is 2. The van der Waals surface area contributed by atoms with Crippen LogP contribution in [-0.2, 0) is 6.54 Å². The highest BCUT2D eigenvalue weighted by Crippen LogP contribution is 2.20. The van der Waals surface area contributed by atoms with Crippen LogP contribution in [0.25, 0.3) is 10.9 Å². The van der Waals surface area contributed by atoms with Crippen LogP contribution in [0.4, 0.5) is 0 Å². The lowest BCUT2D eigenvalue weighted by molar-refractivity contribution is 0.725. The molecule has 3 rings (SSSR count). The Bertz CT molecular complexity index is 864. The number of fused-ring (bicyclic) bond motifs is 1. The molecule has 0 saturated heterocycles. The van der Waals surface area contributed by atoms with Crippen LogP contribution in [0.15, 0.2) is 63.0 Å². The van der Waals surface area contributed by atoms with Gasteiger partial charge in [0.05, 0.1) is 17.2 Å². The molecular weight excluding hydrogens is 384 g/mol. The fraction of sp³-hybridized carbons (Fsp3) is 0.125.